The Labute approximate surface area is 217 Å². The second-order valence-electron chi connectivity index (χ2n) is 15.1. The number of allylic oxidation sites excluding steroid dienone is 2. The van der Waals surface area contributed by atoms with Gasteiger partial charge in [-0.05, 0) is 116 Å². The highest BCUT2D eigenvalue weighted by molar-refractivity contribution is 5.66. The Bertz CT molecular complexity index is 838. The lowest BCUT2D eigenvalue weighted by atomic mass is 9.38. The Morgan fingerprint density at radius 3 is 2.14 bits per heavy atom. The predicted octanol–water partition coefficient (Wildman–Crippen LogP) is 9.23. The van der Waals surface area contributed by atoms with Gasteiger partial charge in [-0.25, -0.2) is 0 Å². The van der Waals surface area contributed by atoms with Gasteiger partial charge in [0.15, 0.2) is 0 Å². The summed E-state index contributed by atoms with van der Waals surface area (Å²) in [7, 11) is 0. The minimum atomic E-state index is -0.106. The Kier molecular flexibility index (Phi) is 7.16. The van der Waals surface area contributed by atoms with Crippen LogP contribution in [0.15, 0.2) is 11.6 Å². The van der Waals surface area contributed by atoms with Crippen LogP contribution in [0.25, 0.3) is 0 Å². The molecular formula is C33H56O2. The zero-order chi connectivity index (χ0) is 26.0. The monoisotopic (exact) mass is 484 g/mol. The maximum Gasteiger partial charge on any atom is 0.302 e. The molecular weight excluding hydrogens is 428 g/mol. The predicted molar refractivity (Wildman–Crippen MR) is 147 cm³/mol. The van der Waals surface area contributed by atoms with Gasteiger partial charge in [0.25, 0.3) is 0 Å². The summed E-state index contributed by atoms with van der Waals surface area (Å²) in [5, 5.41) is 0. The van der Waals surface area contributed by atoms with Crippen LogP contribution in [0.2, 0.25) is 0 Å². The van der Waals surface area contributed by atoms with Crippen LogP contribution < -0.4 is 0 Å². The maximum absolute atomic E-state index is 11.8. The molecule has 35 heavy (non-hydrogen) atoms. The van der Waals surface area contributed by atoms with Crippen LogP contribution >= 0.6 is 0 Å². The van der Waals surface area contributed by atoms with E-state index in [1.165, 1.54) is 51.4 Å². The summed E-state index contributed by atoms with van der Waals surface area (Å²) in [6.07, 6.45) is 14.5. The average molecular weight is 485 g/mol. The van der Waals surface area contributed by atoms with Crippen molar-refractivity contribution in [2.45, 2.75) is 133 Å². The molecule has 0 saturated heterocycles. The third-order valence-electron chi connectivity index (χ3n) is 13.2. The number of carbonyl (C=O) groups is 1. The van der Waals surface area contributed by atoms with Gasteiger partial charge in [0.2, 0.25) is 0 Å². The standard InChI is InChI=1S/C33H56O2/c1-21(2)22(3)11-12-23(4)25-15-19-33(10)27-13-14-28-30(6,7)29(35-24(5)34)17-18-31(28,8)26(27)16-20-32(25,33)9/h11,21,23,25-29H,12-20H2,1-10H3. The van der Waals surface area contributed by atoms with Crippen molar-refractivity contribution in [3.63, 3.8) is 0 Å². The molecule has 9 atom stereocenters. The molecule has 0 heterocycles. The zero-order valence-corrected chi connectivity index (χ0v) is 24.8. The van der Waals surface area contributed by atoms with Crippen molar-refractivity contribution in [2.24, 2.45) is 57.2 Å². The second kappa shape index (κ2) is 9.20. The lowest BCUT2D eigenvalue weighted by Crippen LogP contribution is -2.62. The van der Waals surface area contributed by atoms with Crippen LogP contribution in [0, 0.1) is 57.2 Å². The molecule has 4 fully saturated rings. The molecule has 4 saturated carbocycles. The SMILES string of the molecule is CC(=O)OC1CCC2(C)C3CCC4(C)C(C(C)CC=C(C)C(C)C)CCC4(C)C3CCC2C1(C)C. The summed E-state index contributed by atoms with van der Waals surface area (Å²) in [5.74, 6) is 4.53. The van der Waals surface area contributed by atoms with Crippen molar-refractivity contribution in [1.82, 2.24) is 0 Å². The number of fused-ring (bicyclic) bond motifs is 5. The van der Waals surface area contributed by atoms with E-state index in [0.29, 0.717) is 28.1 Å². The van der Waals surface area contributed by atoms with Crippen LogP contribution in [0.5, 0.6) is 0 Å². The molecule has 4 rings (SSSR count). The normalized spacial score (nSPS) is 45.9. The quantitative estimate of drug-likeness (QED) is 0.287. The Balaban J connectivity index is 1.57. The molecule has 0 bridgehead atoms. The molecule has 0 aromatic carbocycles. The van der Waals surface area contributed by atoms with Gasteiger partial charge in [0.1, 0.15) is 6.10 Å². The van der Waals surface area contributed by atoms with E-state index in [1.54, 1.807) is 12.5 Å². The fourth-order valence-electron chi connectivity index (χ4n) is 10.6. The lowest BCUT2D eigenvalue weighted by molar-refractivity contribution is -0.209. The molecule has 2 nitrogen and oxygen atoms in total. The fourth-order valence-corrected chi connectivity index (χ4v) is 10.6. The number of esters is 1. The molecule has 0 aliphatic heterocycles. The van der Waals surface area contributed by atoms with Crippen LogP contribution in [-0.4, -0.2) is 12.1 Å². The number of hydrogen-bond donors (Lipinski definition) is 0. The molecule has 2 heteroatoms. The lowest BCUT2D eigenvalue weighted by Gasteiger charge is -2.67. The minimum Gasteiger partial charge on any atom is -0.462 e. The maximum atomic E-state index is 11.8. The molecule has 4 aliphatic carbocycles. The first kappa shape index (κ1) is 27.3. The molecule has 0 aromatic heterocycles. The fraction of sp³-hybridized carbons (Fsp3) is 0.909. The summed E-state index contributed by atoms with van der Waals surface area (Å²) in [6.45, 7) is 24.0. The van der Waals surface area contributed by atoms with E-state index < -0.39 is 0 Å². The average Bonchev–Trinajstić information content (AvgIpc) is 3.05. The molecule has 0 radical (unpaired) electrons. The summed E-state index contributed by atoms with van der Waals surface area (Å²) < 4.78 is 5.89. The molecule has 0 amide bonds. The number of hydrogen-bond acceptors (Lipinski definition) is 2. The van der Waals surface area contributed by atoms with Gasteiger partial charge in [0.05, 0.1) is 0 Å². The van der Waals surface area contributed by atoms with Crippen molar-refractivity contribution in [3.8, 4) is 0 Å². The van der Waals surface area contributed by atoms with Gasteiger partial charge in [-0.2, -0.15) is 0 Å². The first-order chi connectivity index (χ1) is 16.2. The topological polar surface area (TPSA) is 26.3 Å². The molecule has 0 spiro atoms. The highest BCUT2D eigenvalue weighted by Crippen LogP contribution is 2.74. The van der Waals surface area contributed by atoms with Gasteiger partial charge in [-0.3, -0.25) is 4.79 Å². The summed E-state index contributed by atoms with van der Waals surface area (Å²) in [5.41, 5.74) is 2.95. The zero-order valence-electron chi connectivity index (χ0n) is 24.8. The minimum absolute atomic E-state index is 0.0681. The van der Waals surface area contributed by atoms with Crippen molar-refractivity contribution in [1.29, 1.82) is 0 Å². The van der Waals surface area contributed by atoms with Crippen molar-refractivity contribution in [3.05, 3.63) is 11.6 Å². The molecule has 4 aliphatic rings. The van der Waals surface area contributed by atoms with Gasteiger partial charge >= 0.3 is 5.97 Å². The molecule has 0 N–H and O–H groups in total. The van der Waals surface area contributed by atoms with E-state index in [1.807, 2.05) is 0 Å². The highest BCUT2D eigenvalue weighted by atomic mass is 16.5. The van der Waals surface area contributed by atoms with Crippen molar-refractivity contribution in [2.75, 3.05) is 0 Å². The summed E-state index contributed by atoms with van der Waals surface area (Å²) in [4.78, 5) is 11.8. The Morgan fingerprint density at radius 1 is 0.857 bits per heavy atom. The van der Waals surface area contributed by atoms with Gasteiger partial charge in [-0.1, -0.05) is 67.0 Å². The highest BCUT2D eigenvalue weighted by Gasteiger charge is 2.67. The first-order valence-corrected chi connectivity index (χ1v) is 15.0. The summed E-state index contributed by atoms with van der Waals surface area (Å²) in [6, 6.07) is 0. The van der Waals surface area contributed by atoms with E-state index in [-0.39, 0.29) is 17.5 Å². The number of carbonyl (C=O) groups excluding carboxylic acids is 1. The van der Waals surface area contributed by atoms with E-state index >= 15 is 0 Å². The van der Waals surface area contributed by atoms with E-state index in [2.05, 4.69) is 68.4 Å². The molecule has 200 valence electrons. The molecule has 9 unspecified atom stereocenters. The number of ether oxygens (including phenoxy) is 1. The number of rotatable bonds is 5. The van der Waals surface area contributed by atoms with Crippen molar-refractivity contribution >= 4 is 5.97 Å². The van der Waals surface area contributed by atoms with Gasteiger partial charge in [0, 0.05) is 12.3 Å². The van der Waals surface area contributed by atoms with Crippen LogP contribution in [0.4, 0.5) is 0 Å². The van der Waals surface area contributed by atoms with E-state index in [4.69, 9.17) is 4.74 Å². The Morgan fingerprint density at radius 2 is 1.51 bits per heavy atom. The van der Waals surface area contributed by atoms with E-state index in [0.717, 1.165) is 30.1 Å². The third kappa shape index (κ3) is 4.16. The van der Waals surface area contributed by atoms with Crippen molar-refractivity contribution < 1.29 is 9.53 Å². The first-order valence-electron chi connectivity index (χ1n) is 15.0. The van der Waals surface area contributed by atoms with Gasteiger partial charge < -0.3 is 4.74 Å². The van der Waals surface area contributed by atoms with Crippen LogP contribution in [0.1, 0.15) is 127 Å². The molecule has 0 aromatic rings. The van der Waals surface area contributed by atoms with Gasteiger partial charge in [-0.15, -0.1) is 0 Å². The second-order valence-corrected chi connectivity index (χ2v) is 15.1. The van der Waals surface area contributed by atoms with Crippen LogP contribution in [-0.2, 0) is 9.53 Å². The van der Waals surface area contributed by atoms with Crippen LogP contribution in [0.3, 0.4) is 0 Å². The largest absolute Gasteiger partial charge is 0.462 e. The smallest absolute Gasteiger partial charge is 0.302 e. The third-order valence-corrected chi connectivity index (χ3v) is 13.2. The Hall–Kier alpha value is -0.790. The summed E-state index contributed by atoms with van der Waals surface area (Å²) >= 11 is 0. The van der Waals surface area contributed by atoms with E-state index in [9.17, 15) is 4.79 Å².